The van der Waals surface area contributed by atoms with Gasteiger partial charge in [-0.3, -0.25) is 4.79 Å². The Morgan fingerprint density at radius 2 is 2.06 bits per heavy atom. The van der Waals surface area contributed by atoms with Gasteiger partial charge in [-0.25, -0.2) is 0 Å². The van der Waals surface area contributed by atoms with Gasteiger partial charge in [0.25, 0.3) is 0 Å². The lowest BCUT2D eigenvalue weighted by Gasteiger charge is -2.25. The van der Waals surface area contributed by atoms with E-state index in [2.05, 4.69) is 11.9 Å². The number of carbonyl (C=O) groups excluding carboxylic acids is 1. The summed E-state index contributed by atoms with van der Waals surface area (Å²) in [4.78, 5) is 11.8. The summed E-state index contributed by atoms with van der Waals surface area (Å²) in [7, 11) is 0. The monoisotopic (exact) mass is 250 g/mol. The zero-order chi connectivity index (χ0) is 14.2. The van der Waals surface area contributed by atoms with Crippen molar-refractivity contribution in [1.82, 2.24) is 5.32 Å². The molecule has 0 aromatic heterocycles. The van der Waals surface area contributed by atoms with Crippen LogP contribution < -0.4 is 11.1 Å². The third-order valence-electron chi connectivity index (χ3n) is 2.64. The molecule has 0 aliphatic rings. The minimum Gasteiger partial charge on any atom is -0.354 e. The Morgan fingerprint density at radius 3 is 2.50 bits per heavy atom. The molecular formula is C15H26N2O. The Morgan fingerprint density at radius 1 is 1.44 bits per heavy atom. The average Bonchev–Trinajstić information content (AvgIpc) is 2.27. The molecule has 0 bridgehead atoms. The van der Waals surface area contributed by atoms with E-state index >= 15 is 0 Å². The van der Waals surface area contributed by atoms with Crippen LogP contribution in [0.2, 0.25) is 0 Å². The van der Waals surface area contributed by atoms with Crippen molar-refractivity contribution >= 4 is 5.91 Å². The first-order valence-corrected chi connectivity index (χ1v) is 6.30. The van der Waals surface area contributed by atoms with Gasteiger partial charge in [0.05, 0.1) is 6.04 Å². The fourth-order valence-electron chi connectivity index (χ4n) is 1.42. The molecular weight excluding hydrogens is 224 g/mol. The summed E-state index contributed by atoms with van der Waals surface area (Å²) in [5.41, 5.74) is 6.79. The highest BCUT2D eigenvalue weighted by molar-refractivity contribution is 5.82. The summed E-state index contributed by atoms with van der Waals surface area (Å²) in [6.45, 7) is 12.1. The molecule has 0 saturated carbocycles. The van der Waals surface area contributed by atoms with E-state index in [1.54, 1.807) is 6.08 Å². The minimum absolute atomic E-state index is 0.0964. The maximum Gasteiger partial charge on any atom is 0.237 e. The van der Waals surface area contributed by atoms with Gasteiger partial charge in [0.1, 0.15) is 0 Å². The summed E-state index contributed by atoms with van der Waals surface area (Å²) >= 11 is 0. The van der Waals surface area contributed by atoms with Crippen LogP contribution in [0.5, 0.6) is 0 Å². The Kier molecular flexibility index (Phi) is 7.29. The quantitative estimate of drug-likeness (QED) is 0.712. The van der Waals surface area contributed by atoms with Gasteiger partial charge in [0.2, 0.25) is 5.91 Å². The summed E-state index contributed by atoms with van der Waals surface area (Å²) in [5, 5.41) is 2.86. The molecule has 0 aliphatic heterocycles. The predicted octanol–water partition coefficient (Wildman–Crippen LogP) is 2.55. The van der Waals surface area contributed by atoms with E-state index in [9.17, 15) is 4.79 Å². The minimum atomic E-state index is -0.481. The highest BCUT2D eigenvalue weighted by atomic mass is 16.2. The van der Waals surface area contributed by atoms with E-state index in [1.807, 2.05) is 45.9 Å². The zero-order valence-electron chi connectivity index (χ0n) is 12.0. The third-order valence-corrected chi connectivity index (χ3v) is 2.64. The standard InChI is InChI=1S/C15H26N2O/c1-6-8-12(9-7-2)10-11-17-14(18)13(16)15(3,4)5/h6-9,13H,1,10-11,16H2,2-5H3,(H,17,18)/b9-7-,12-8+. The van der Waals surface area contributed by atoms with Crippen LogP contribution in [0, 0.1) is 5.41 Å². The molecule has 0 spiro atoms. The molecule has 0 radical (unpaired) electrons. The topological polar surface area (TPSA) is 55.1 Å². The van der Waals surface area contributed by atoms with E-state index in [-0.39, 0.29) is 11.3 Å². The number of nitrogens with one attached hydrogen (secondary N) is 1. The Hall–Kier alpha value is -1.35. The van der Waals surface area contributed by atoms with E-state index in [0.29, 0.717) is 6.54 Å². The second-order valence-corrected chi connectivity index (χ2v) is 5.36. The number of hydrogen-bond donors (Lipinski definition) is 2. The number of rotatable bonds is 6. The molecule has 0 aliphatic carbocycles. The first-order valence-electron chi connectivity index (χ1n) is 6.30. The maximum absolute atomic E-state index is 11.8. The number of amides is 1. The van der Waals surface area contributed by atoms with Crippen molar-refractivity contribution < 1.29 is 4.79 Å². The number of nitrogens with two attached hydrogens (primary N) is 1. The van der Waals surface area contributed by atoms with Crippen molar-refractivity contribution in [3.8, 4) is 0 Å². The second-order valence-electron chi connectivity index (χ2n) is 5.36. The van der Waals surface area contributed by atoms with Crippen LogP contribution in [0.4, 0.5) is 0 Å². The molecule has 0 saturated heterocycles. The van der Waals surface area contributed by atoms with Gasteiger partial charge in [-0.15, -0.1) is 0 Å². The largest absolute Gasteiger partial charge is 0.354 e. The molecule has 0 aromatic rings. The summed E-state index contributed by atoms with van der Waals surface area (Å²) in [5.74, 6) is -0.0964. The molecule has 0 heterocycles. The van der Waals surface area contributed by atoms with Crippen LogP contribution in [0.25, 0.3) is 0 Å². The normalized spacial score (nSPS) is 14.6. The van der Waals surface area contributed by atoms with E-state index in [4.69, 9.17) is 5.73 Å². The average molecular weight is 250 g/mol. The number of allylic oxidation sites excluding steroid dienone is 4. The van der Waals surface area contributed by atoms with Crippen molar-refractivity contribution in [2.45, 2.75) is 40.2 Å². The van der Waals surface area contributed by atoms with Gasteiger partial charge in [-0.1, -0.05) is 51.7 Å². The van der Waals surface area contributed by atoms with Crippen LogP contribution in [0.15, 0.2) is 36.5 Å². The molecule has 102 valence electrons. The van der Waals surface area contributed by atoms with Crippen molar-refractivity contribution in [2.24, 2.45) is 11.1 Å². The Balaban J connectivity index is 4.23. The molecule has 0 aromatic carbocycles. The molecule has 0 rings (SSSR count). The first-order chi connectivity index (χ1) is 8.32. The predicted molar refractivity (Wildman–Crippen MR) is 78.2 cm³/mol. The van der Waals surface area contributed by atoms with Crippen LogP contribution in [-0.2, 0) is 4.79 Å². The summed E-state index contributed by atoms with van der Waals surface area (Å²) < 4.78 is 0. The van der Waals surface area contributed by atoms with Crippen LogP contribution in [0.3, 0.4) is 0 Å². The highest BCUT2D eigenvalue weighted by Gasteiger charge is 2.26. The third kappa shape index (κ3) is 6.40. The van der Waals surface area contributed by atoms with E-state index in [1.165, 1.54) is 0 Å². The van der Waals surface area contributed by atoms with Gasteiger partial charge in [0, 0.05) is 6.54 Å². The van der Waals surface area contributed by atoms with Gasteiger partial charge in [-0.05, 0) is 24.3 Å². The molecule has 1 atom stereocenters. The fourth-order valence-corrected chi connectivity index (χ4v) is 1.42. The van der Waals surface area contributed by atoms with Crippen molar-refractivity contribution in [3.63, 3.8) is 0 Å². The van der Waals surface area contributed by atoms with Crippen molar-refractivity contribution in [1.29, 1.82) is 0 Å². The van der Waals surface area contributed by atoms with Gasteiger partial charge in [-0.2, -0.15) is 0 Å². The molecule has 1 unspecified atom stereocenters. The van der Waals surface area contributed by atoms with Crippen LogP contribution in [0.1, 0.15) is 34.1 Å². The van der Waals surface area contributed by atoms with Crippen LogP contribution >= 0.6 is 0 Å². The highest BCUT2D eigenvalue weighted by Crippen LogP contribution is 2.17. The van der Waals surface area contributed by atoms with Gasteiger partial charge in [0.15, 0.2) is 0 Å². The summed E-state index contributed by atoms with van der Waals surface area (Å²) in [6, 6.07) is -0.481. The van der Waals surface area contributed by atoms with Gasteiger partial charge >= 0.3 is 0 Å². The second kappa shape index (κ2) is 7.88. The lowest BCUT2D eigenvalue weighted by atomic mass is 9.87. The van der Waals surface area contributed by atoms with E-state index in [0.717, 1.165) is 12.0 Å². The lowest BCUT2D eigenvalue weighted by Crippen LogP contribution is -2.48. The van der Waals surface area contributed by atoms with Crippen molar-refractivity contribution in [3.05, 3.63) is 36.5 Å². The van der Waals surface area contributed by atoms with E-state index < -0.39 is 6.04 Å². The fraction of sp³-hybridized carbons (Fsp3) is 0.533. The Bertz CT molecular complexity index is 335. The van der Waals surface area contributed by atoms with Gasteiger partial charge < -0.3 is 11.1 Å². The number of hydrogen-bond acceptors (Lipinski definition) is 2. The smallest absolute Gasteiger partial charge is 0.237 e. The Labute approximate surface area is 111 Å². The van der Waals surface area contributed by atoms with Crippen LogP contribution in [-0.4, -0.2) is 18.5 Å². The first kappa shape index (κ1) is 16.6. The zero-order valence-corrected chi connectivity index (χ0v) is 12.0. The lowest BCUT2D eigenvalue weighted by molar-refractivity contribution is -0.124. The summed E-state index contributed by atoms with van der Waals surface area (Å²) in [6.07, 6.45) is 8.45. The molecule has 3 nitrogen and oxygen atoms in total. The molecule has 0 fully saturated rings. The molecule has 18 heavy (non-hydrogen) atoms. The molecule has 3 heteroatoms. The van der Waals surface area contributed by atoms with Crippen molar-refractivity contribution in [2.75, 3.05) is 6.54 Å². The molecule has 3 N–H and O–H groups in total. The maximum atomic E-state index is 11.8. The number of carbonyl (C=O) groups is 1. The molecule has 1 amide bonds. The SMILES string of the molecule is C=C/C=C(\C=C/C)CCNC(=O)C(N)C(C)(C)C.